The maximum Gasteiger partial charge on any atom is 0.500 e. The van der Waals surface area contributed by atoms with Gasteiger partial charge in [0.25, 0.3) is 0 Å². The zero-order chi connectivity index (χ0) is 12.7. The average molecular weight is 249 g/mol. The third-order valence-corrected chi connectivity index (χ3v) is 5.56. The first-order valence-electron chi connectivity index (χ1n) is 5.89. The minimum absolute atomic E-state index is 0.116. The van der Waals surface area contributed by atoms with Gasteiger partial charge in [0, 0.05) is 26.9 Å². The number of nitrogens with two attached hydrogens (primary N) is 1. The van der Waals surface area contributed by atoms with Crippen LogP contribution in [0.4, 0.5) is 0 Å². The Hall–Kier alpha value is 0.0569. The Kier molecular flexibility index (Phi) is 7.42. The highest BCUT2D eigenvalue weighted by molar-refractivity contribution is 6.60. The molecule has 0 saturated heterocycles. The molecule has 4 nitrogen and oxygen atoms in total. The van der Waals surface area contributed by atoms with Crippen molar-refractivity contribution in [1.82, 2.24) is 0 Å². The number of hydrogen-bond acceptors (Lipinski definition) is 4. The highest BCUT2D eigenvalue weighted by Crippen LogP contribution is 2.26. The van der Waals surface area contributed by atoms with Crippen molar-refractivity contribution in [2.45, 2.75) is 39.7 Å². The molecule has 0 rings (SSSR count). The third kappa shape index (κ3) is 5.40. The van der Waals surface area contributed by atoms with E-state index in [4.69, 9.17) is 19.0 Å². The average Bonchev–Trinajstić information content (AvgIpc) is 2.30. The van der Waals surface area contributed by atoms with Crippen molar-refractivity contribution in [2.75, 3.05) is 27.4 Å². The first-order chi connectivity index (χ1) is 7.45. The second-order valence-corrected chi connectivity index (χ2v) is 7.78. The van der Waals surface area contributed by atoms with E-state index in [0.29, 0.717) is 13.2 Å². The molecule has 0 radical (unpaired) electrons. The fraction of sp³-hybridized carbons (Fsp3) is 1.00. The summed E-state index contributed by atoms with van der Waals surface area (Å²) >= 11 is 0. The van der Waals surface area contributed by atoms with Crippen LogP contribution in [0.25, 0.3) is 0 Å². The third-order valence-electron chi connectivity index (χ3n) is 2.81. The van der Waals surface area contributed by atoms with Crippen LogP contribution in [0.15, 0.2) is 0 Å². The van der Waals surface area contributed by atoms with Gasteiger partial charge in [-0.15, -0.1) is 0 Å². The van der Waals surface area contributed by atoms with Crippen molar-refractivity contribution >= 4 is 8.80 Å². The first kappa shape index (κ1) is 16.1. The van der Waals surface area contributed by atoms with Gasteiger partial charge in [-0.05, 0) is 24.8 Å². The van der Waals surface area contributed by atoms with Crippen LogP contribution in [0.5, 0.6) is 0 Å². The van der Waals surface area contributed by atoms with Crippen molar-refractivity contribution < 1.29 is 13.3 Å². The lowest BCUT2D eigenvalue weighted by Crippen LogP contribution is -2.45. The molecule has 2 N–H and O–H groups in total. The molecule has 0 heterocycles. The van der Waals surface area contributed by atoms with Crippen LogP contribution >= 0.6 is 0 Å². The van der Waals surface area contributed by atoms with Gasteiger partial charge in [0.15, 0.2) is 0 Å². The first-order valence-corrected chi connectivity index (χ1v) is 7.83. The predicted octanol–water partition coefficient (Wildman–Crippen LogP) is 2.02. The van der Waals surface area contributed by atoms with E-state index >= 15 is 0 Å². The van der Waals surface area contributed by atoms with Gasteiger partial charge >= 0.3 is 8.80 Å². The molecule has 0 fully saturated rings. The Morgan fingerprint density at radius 1 is 1.19 bits per heavy atom. The van der Waals surface area contributed by atoms with Gasteiger partial charge in [0.2, 0.25) is 0 Å². The molecule has 0 aliphatic carbocycles. The minimum Gasteiger partial charge on any atom is -0.377 e. The van der Waals surface area contributed by atoms with Crippen LogP contribution in [0.2, 0.25) is 6.04 Å². The van der Waals surface area contributed by atoms with E-state index in [1.54, 1.807) is 14.2 Å². The van der Waals surface area contributed by atoms with Crippen LogP contribution in [0.3, 0.4) is 0 Å². The lowest BCUT2D eigenvalue weighted by atomic mass is 9.91. The molecule has 0 saturated carbocycles. The molecule has 0 aliphatic rings. The fourth-order valence-corrected chi connectivity index (χ4v) is 3.78. The van der Waals surface area contributed by atoms with Crippen molar-refractivity contribution in [3.05, 3.63) is 0 Å². The van der Waals surface area contributed by atoms with E-state index in [0.717, 1.165) is 18.9 Å². The topological polar surface area (TPSA) is 53.7 Å². The van der Waals surface area contributed by atoms with Gasteiger partial charge in [-0.2, -0.15) is 0 Å². The monoisotopic (exact) mass is 249 g/mol. The largest absolute Gasteiger partial charge is 0.500 e. The molecule has 0 aromatic rings. The molecule has 98 valence electrons. The molecule has 0 spiro atoms. The van der Waals surface area contributed by atoms with Crippen LogP contribution in [-0.2, 0) is 13.3 Å². The van der Waals surface area contributed by atoms with E-state index in [1.165, 1.54) is 0 Å². The summed E-state index contributed by atoms with van der Waals surface area (Å²) in [6, 6.07) is 0.824. The molecule has 0 aromatic heterocycles. The van der Waals surface area contributed by atoms with Crippen LogP contribution in [-0.4, -0.2) is 36.2 Å². The zero-order valence-corrected chi connectivity index (χ0v) is 12.3. The van der Waals surface area contributed by atoms with Gasteiger partial charge in [-0.1, -0.05) is 20.8 Å². The molecule has 0 unspecified atom stereocenters. The zero-order valence-electron chi connectivity index (χ0n) is 11.3. The highest BCUT2D eigenvalue weighted by Gasteiger charge is 2.40. The van der Waals surface area contributed by atoms with E-state index in [2.05, 4.69) is 20.8 Å². The Balaban J connectivity index is 4.31. The van der Waals surface area contributed by atoms with Crippen LogP contribution in [0, 0.1) is 5.41 Å². The number of rotatable bonds is 9. The lowest BCUT2D eigenvalue weighted by molar-refractivity contribution is 0.0943. The highest BCUT2D eigenvalue weighted by atomic mass is 28.4. The molecule has 0 bridgehead atoms. The Morgan fingerprint density at radius 2 is 1.75 bits per heavy atom. The molecule has 0 amide bonds. The Labute approximate surface area is 101 Å². The van der Waals surface area contributed by atoms with E-state index in [-0.39, 0.29) is 5.41 Å². The lowest BCUT2D eigenvalue weighted by Gasteiger charge is -2.30. The standard InChI is InChI=1S/C11H27NO3Si/c1-6-8-15-16(13-4,14-5)9-7-11(2,3)10-12/h6-10,12H2,1-5H3. The summed E-state index contributed by atoms with van der Waals surface area (Å²) in [6.45, 7) is 7.73. The van der Waals surface area contributed by atoms with Gasteiger partial charge in [0.05, 0.1) is 0 Å². The van der Waals surface area contributed by atoms with E-state index in [9.17, 15) is 0 Å². The van der Waals surface area contributed by atoms with E-state index < -0.39 is 8.80 Å². The molecule has 0 aromatic carbocycles. The van der Waals surface area contributed by atoms with Gasteiger partial charge in [-0.25, -0.2) is 0 Å². The Bertz CT molecular complexity index is 184. The normalized spacial score (nSPS) is 13.1. The summed E-state index contributed by atoms with van der Waals surface area (Å²) in [5.74, 6) is 0. The van der Waals surface area contributed by atoms with Crippen molar-refractivity contribution in [1.29, 1.82) is 0 Å². The maximum absolute atomic E-state index is 5.77. The molecule has 16 heavy (non-hydrogen) atoms. The molecular formula is C11H27NO3Si. The SMILES string of the molecule is CCCO[Si](CCC(C)(C)CN)(OC)OC. The fourth-order valence-electron chi connectivity index (χ4n) is 1.33. The summed E-state index contributed by atoms with van der Waals surface area (Å²) in [4.78, 5) is 0. The van der Waals surface area contributed by atoms with Gasteiger partial charge in [-0.3, -0.25) is 0 Å². The smallest absolute Gasteiger partial charge is 0.377 e. The summed E-state index contributed by atoms with van der Waals surface area (Å²) < 4.78 is 16.7. The molecule has 0 atom stereocenters. The molecule has 5 heteroatoms. The molecule has 0 aliphatic heterocycles. The maximum atomic E-state index is 5.77. The van der Waals surface area contributed by atoms with Gasteiger partial charge < -0.3 is 19.0 Å². The van der Waals surface area contributed by atoms with Crippen LogP contribution in [0.1, 0.15) is 33.6 Å². The second-order valence-electron chi connectivity index (χ2n) is 4.81. The summed E-state index contributed by atoms with van der Waals surface area (Å²) in [7, 11) is 0.889. The summed E-state index contributed by atoms with van der Waals surface area (Å²) in [6.07, 6.45) is 1.93. The number of hydrogen-bond donors (Lipinski definition) is 1. The summed E-state index contributed by atoms with van der Waals surface area (Å²) in [5, 5.41) is 0. The quantitative estimate of drug-likeness (QED) is 0.635. The van der Waals surface area contributed by atoms with Crippen LogP contribution < -0.4 is 5.73 Å². The van der Waals surface area contributed by atoms with Crippen molar-refractivity contribution in [2.24, 2.45) is 11.1 Å². The predicted molar refractivity (Wildman–Crippen MR) is 68.3 cm³/mol. The van der Waals surface area contributed by atoms with Crippen molar-refractivity contribution in [3.8, 4) is 0 Å². The molecular weight excluding hydrogens is 222 g/mol. The second kappa shape index (κ2) is 7.40. The van der Waals surface area contributed by atoms with E-state index in [1.807, 2.05) is 0 Å². The van der Waals surface area contributed by atoms with Gasteiger partial charge in [0.1, 0.15) is 0 Å². The summed E-state index contributed by atoms with van der Waals surface area (Å²) in [5.41, 5.74) is 5.83. The Morgan fingerprint density at radius 3 is 2.12 bits per heavy atom. The minimum atomic E-state index is -2.45. The van der Waals surface area contributed by atoms with Crippen molar-refractivity contribution in [3.63, 3.8) is 0 Å².